The third-order valence-corrected chi connectivity index (χ3v) is 6.20. The molecular weight excluding hydrogens is 390 g/mol. The minimum atomic E-state index is -0.465. The zero-order valence-electron chi connectivity index (χ0n) is 16.8. The number of fused-ring (bicyclic) bond motifs is 4. The van der Waals surface area contributed by atoms with E-state index < -0.39 is 5.41 Å². The van der Waals surface area contributed by atoms with Crippen LogP contribution in [0.2, 0.25) is 0 Å². The number of nitrogens with zero attached hydrogens (tertiary/aromatic N) is 3. The largest absolute Gasteiger partial charge is 0.438 e. The van der Waals surface area contributed by atoms with E-state index in [1.807, 2.05) is 30.7 Å². The zero-order chi connectivity index (χ0) is 20.8. The van der Waals surface area contributed by atoms with Crippen molar-refractivity contribution in [2.45, 2.75) is 11.8 Å². The number of benzene rings is 1. The van der Waals surface area contributed by atoms with Crippen molar-refractivity contribution in [1.29, 1.82) is 0 Å². The van der Waals surface area contributed by atoms with Crippen LogP contribution in [0, 0.1) is 0 Å². The summed E-state index contributed by atoms with van der Waals surface area (Å²) in [5.41, 5.74) is 12.2. The fraction of sp³-hybridized carbons (Fsp3) is 0.208. The van der Waals surface area contributed by atoms with E-state index in [9.17, 15) is 0 Å². The summed E-state index contributed by atoms with van der Waals surface area (Å²) in [5, 5.41) is 3.32. The van der Waals surface area contributed by atoms with Gasteiger partial charge in [-0.15, -0.1) is 0 Å². The van der Waals surface area contributed by atoms with Crippen molar-refractivity contribution >= 4 is 5.57 Å². The second-order valence-electron chi connectivity index (χ2n) is 8.00. The number of aromatic nitrogens is 3. The lowest BCUT2D eigenvalue weighted by Crippen LogP contribution is -2.34. The molecule has 0 saturated carbocycles. The van der Waals surface area contributed by atoms with E-state index in [1.54, 1.807) is 0 Å². The van der Waals surface area contributed by atoms with Crippen LogP contribution in [0.1, 0.15) is 23.1 Å². The molecule has 0 fully saturated rings. The van der Waals surface area contributed by atoms with Crippen LogP contribution in [-0.4, -0.2) is 34.7 Å². The Morgan fingerprint density at radius 1 is 1.00 bits per heavy atom. The van der Waals surface area contributed by atoms with Crippen molar-refractivity contribution in [3.05, 3.63) is 83.8 Å². The molecule has 1 spiro atoms. The first-order chi connectivity index (χ1) is 15.2. The Labute approximate surface area is 179 Å². The van der Waals surface area contributed by atoms with Crippen molar-refractivity contribution in [2.24, 2.45) is 5.73 Å². The Bertz CT molecular complexity index is 1240. The predicted molar refractivity (Wildman–Crippen MR) is 116 cm³/mol. The Balaban J connectivity index is 1.53. The van der Waals surface area contributed by atoms with Gasteiger partial charge in [0.05, 0.1) is 24.4 Å². The summed E-state index contributed by atoms with van der Waals surface area (Å²) in [6, 6.07) is 8.35. The molecule has 0 bridgehead atoms. The van der Waals surface area contributed by atoms with Gasteiger partial charge in [-0.1, -0.05) is 12.1 Å². The van der Waals surface area contributed by atoms with Crippen molar-refractivity contribution in [2.75, 3.05) is 19.8 Å². The normalized spacial score (nSPS) is 21.4. The molecule has 7 heteroatoms. The number of rotatable bonds is 2. The Kier molecular flexibility index (Phi) is 4.04. The summed E-state index contributed by atoms with van der Waals surface area (Å²) in [5.74, 6) is 2.06. The Hall–Kier alpha value is -3.71. The SMILES string of the molecule is NC1=C[C@]2(CN1)c1cc(-c3cncnc3)ccc1Oc1ncc(C3=CCOCC3)cc12. The van der Waals surface area contributed by atoms with E-state index in [2.05, 4.69) is 39.6 Å². The van der Waals surface area contributed by atoms with Gasteiger partial charge in [-0.3, -0.25) is 0 Å². The lowest BCUT2D eigenvalue weighted by atomic mass is 9.73. The van der Waals surface area contributed by atoms with Crippen LogP contribution in [0.15, 0.2) is 67.2 Å². The molecule has 0 amide bonds. The first-order valence-electron chi connectivity index (χ1n) is 10.3. The molecule has 3 aliphatic rings. The molecule has 7 nitrogen and oxygen atoms in total. The Morgan fingerprint density at radius 3 is 2.65 bits per heavy atom. The van der Waals surface area contributed by atoms with Crippen LogP contribution in [0.25, 0.3) is 16.7 Å². The molecule has 31 heavy (non-hydrogen) atoms. The first-order valence-corrected chi connectivity index (χ1v) is 10.3. The van der Waals surface area contributed by atoms with Gasteiger partial charge in [-0.2, -0.15) is 0 Å². The van der Waals surface area contributed by atoms with E-state index in [0.717, 1.165) is 46.6 Å². The molecule has 3 aromatic rings. The van der Waals surface area contributed by atoms with Gasteiger partial charge in [0.1, 0.15) is 12.1 Å². The summed E-state index contributed by atoms with van der Waals surface area (Å²) in [4.78, 5) is 13.0. The summed E-state index contributed by atoms with van der Waals surface area (Å²) in [6.07, 6.45) is 12.1. The molecule has 0 saturated heterocycles. The molecule has 2 aromatic heterocycles. The molecule has 3 aliphatic heterocycles. The van der Waals surface area contributed by atoms with E-state index in [-0.39, 0.29) is 0 Å². The van der Waals surface area contributed by atoms with E-state index in [4.69, 9.17) is 20.2 Å². The van der Waals surface area contributed by atoms with Crippen LogP contribution in [-0.2, 0) is 10.2 Å². The number of pyridine rings is 1. The minimum Gasteiger partial charge on any atom is -0.438 e. The molecule has 0 aliphatic carbocycles. The highest BCUT2D eigenvalue weighted by Gasteiger charge is 2.44. The molecule has 0 unspecified atom stereocenters. The van der Waals surface area contributed by atoms with Gasteiger partial charge < -0.3 is 20.5 Å². The number of nitrogens with one attached hydrogen (secondary N) is 1. The fourth-order valence-corrected chi connectivity index (χ4v) is 4.62. The van der Waals surface area contributed by atoms with Gasteiger partial charge in [0.2, 0.25) is 5.88 Å². The van der Waals surface area contributed by atoms with Crippen molar-refractivity contribution in [1.82, 2.24) is 20.3 Å². The second kappa shape index (κ2) is 6.92. The molecule has 5 heterocycles. The lowest BCUT2D eigenvalue weighted by molar-refractivity contribution is 0.161. The van der Waals surface area contributed by atoms with Crippen LogP contribution in [0.3, 0.4) is 0 Å². The van der Waals surface area contributed by atoms with Gasteiger partial charge in [0.15, 0.2) is 0 Å². The molecule has 3 N–H and O–H groups in total. The summed E-state index contributed by atoms with van der Waals surface area (Å²) in [6.45, 7) is 2.00. The number of hydrogen-bond donors (Lipinski definition) is 2. The molecule has 0 radical (unpaired) electrons. The average Bonchev–Trinajstić information content (AvgIpc) is 3.22. The summed E-state index contributed by atoms with van der Waals surface area (Å²) >= 11 is 0. The quantitative estimate of drug-likeness (QED) is 0.669. The van der Waals surface area contributed by atoms with Gasteiger partial charge in [-0.25, -0.2) is 15.0 Å². The summed E-state index contributed by atoms with van der Waals surface area (Å²) < 4.78 is 11.7. The standard InChI is InChI=1S/C24H21N5O2/c25-22-9-24(13-29-22)19-7-16(18-10-26-14-27-11-18)1-2-21(19)31-23-20(24)8-17(12-28-23)15-3-5-30-6-4-15/h1-3,7-12,14,29H,4-6,13,25H2/t24-/m0/s1. The highest BCUT2D eigenvalue weighted by molar-refractivity contribution is 5.72. The highest BCUT2D eigenvalue weighted by Crippen LogP contribution is 2.51. The number of hydrogen-bond acceptors (Lipinski definition) is 7. The monoisotopic (exact) mass is 411 g/mol. The second-order valence-corrected chi connectivity index (χ2v) is 8.00. The third-order valence-electron chi connectivity index (χ3n) is 6.20. The average molecular weight is 411 g/mol. The van der Waals surface area contributed by atoms with Crippen molar-refractivity contribution < 1.29 is 9.47 Å². The molecular formula is C24H21N5O2. The predicted octanol–water partition coefficient (Wildman–Crippen LogP) is 3.14. The Morgan fingerprint density at radius 2 is 1.87 bits per heavy atom. The zero-order valence-corrected chi connectivity index (χ0v) is 16.8. The van der Waals surface area contributed by atoms with Gasteiger partial charge in [0.25, 0.3) is 0 Å². The van der Waals surface area contributed by atoms with Gasteiger partial charge in [0, 0.05) is 41.8 Å². The first kappa shape index (κ1) is 18.1. The third kappa shape index (κ3) is 2.89. The van der Waals surface area contributed by atoms with E-state index >= 15 is 0 Å². The highest BCUT2D eigenvalue weighted by atomic mass is 16.5. The van der Waals surface area contributed by atoms with Crippen molar-refractivity contribution in [3.63, 3.8) is 0 Å². The maximum atomic E-state index is 6.25. The van der Waals surface area contributed by atoms with Crippen LogP contribution < -0.4 is 15.8 Å². The number of nitrogens with two attached hydrogens (primary N) is 1. The van der Waals surface area contributed by atoms with Gasteiger partial charge in [-0.05, 0) is 47.4 Å². The summed E-state index contributed by atoms with van der Waals surface area (Å²) in [7, 11) is 0. The topological polar surface area (TPSA) is 95.2 Å². The minimum absolute atomic E-state index is 0.465. The van der Waals surface area contributed by atoms with E-state index in [0.29, 0.717) is 24.9 Å². The number of ether oxygens (including phenoxy) is 2. The molecule has 1 atom stereocenters. The molecule has 154 valence electrons. The maximum absolute atomic E-state index is 6.25. The van der Waals surface area contributed by atoms with Crippen LogP contribution >= 0.6 is 0 Å². The van der Waals surface area contributed by atoms with Gasteiger partial charge >= 0.3 is 0 Å². The smallest absolute Gasteiger partial charge is 0.223 e. The molecule has 6 rings (SSSR count). The maximum Gasteiger partial charge on any atom is 0.223 e. The van der Waals surface area contributed by atoms with Crippen LogP contribution in [0.5, 0.6) is 11.6 Å². The lowest BCUT2D eigenvalue weighted by Gasteiger charge is -2.35. The van der Waals surface area contributed by atoms with Crippen LogP contribution in [0.4, 0.5) is 0 Å². The van der Waals surface area contributed by atoms with E-state index in [1.165, 1.54) is 11.9 Å². The molecule has 1 aromatic carbocycles. The fourth-order valence-electron chi connectivity index (χ4n) is 4.62. The van der Waals surface area contributed by atoms with Crippen molar-refractivity contribution in [3.8, 4) is 22.8 Å².